The van der Waals surface area contributed by atoms with Gasteiger partial charge >= 0.3 is 5.97 Å². The molecule has 2 atom stereocenters. The quantitative estimate of drug-likeness (QED) is 0.489. The first-order valence-electron chi connectivity index (χ1n) is 10.0. The third-order valence-electron chi connectivity index (χ3n) is 4.99. The van der Waals surface area contributed by atoms with E-state index in [0.29, 0.717) is 5.92 Å². The molecule has 1 fully saturated rings. The molecular formula is C22H30N2O5. The van der Waals surface area contributed by atoms with Crippen LogP contribution in [0.1, 0.15) is 44.6 Å². The van der Waals surface area contributed by atoms with Gasteiger partial charge < -0.3 is 20.1 Å². The van der Waals surface area contributed by atoms with E-state index in [1.807, 2.05) is 12.1 Å². The standard InChI is InChI=1S/C22H30N2O5/c1-16-5-3-4-6-19(16)24-21(26)15-29-22(27)13-14-23-20(25)12-9-17-7-10-18(28-2)11-8-17/h7-12,16,19H,3-6,13-15H2,1-2H3,(H,23,25)(H,24,26)/b12-9+/t16-,19+/m1/s1. The van der Waals surface area contributed by atoms with Crippen LogP contribution in [0.2, 0.25) is 0 Å². The van der Waals surface area contributed by atoms with Crippen LogP contribution in [0.3, 0.4) is 0 Å². The number of benzene rings is 1. The zero-order valence-corrected chi connectivity index (χ0v) is 17.1. The van der Waals surface area contributed by atoms with Crippen LogP contribution in [-0.4, -0.2) is 44.1 Å². The fourth-order valence-electron chi connectivity index (χ4n) is 3.23. The van der Waals surface area contributed by atoms with Gasteiger partial charge in [0, 0.05) is 18.7 Å². The van der Waals surface area contributed by atoms with Gasteiger partial charge in [-0.15, -0.1) is 0 Å². The number of amides is 2. The number of carbonyl (C=O) groups excluding carboxylic acids is 3. The minimum absolute atomic E-state index is 0.00915. The fourth-order valence-corrected chi connectivity index (χ4v) is 3.23. The molecule has 158 valence electrons. The summed E-state index contributed by atoms with van der Waals surface area (Å²) in [5.74, 6) is 0.0918. The molecular weight excluding hydrogens is 372 g/mol. The first kappa shape index (κ1) is 22.5. The Morgan fingerprint density at radius 1 is 1.14 bits per heavy atom. The monoisotopic (exact) mass is 402 g/mol. The summed E-state index contributed by atoms with van der Waals surface area (Å²) >= 11 is 0. The molecule has 0 bridgehead atoms. The second kappa shape index (κ2) is 11.9. The minimum Gasteiger partial charge on any atom is -0.497 e. The number of carbonyl (C=O) groups is 3. The number of rotatable bonds is 9. The Balaban J connectivity index is 1.60. The number of ether oxygens (including phenoxy) is 2. The summed E-state index contributed by atoms with van der Waals surface area (Å²) < 4.78 is 10.1. The number of methoxy groups -OCH3 is 1. The first-order valence-corrected chi connectivity index (χ1v) is 10.0. The zero-order chi connectivity index (χ0) is 21.1. The molecule has 2 amide bonds. The van der Waals surface area contributed by atoms with Crippen molar-refractivity contribution in [2.45, 2.75) is 45.1 Å². The van der Waals surface area contributed by atoms with E-state index >= 15 is 0 Å². The van der Waals surface area contributed by atoms with E-state index in [0.717, 1.165) is 30.6 Å². The lowest BCUT2D eigenvalue weighted by Crippen LogP contribution is -2.43. The summed E-state index contributed by atoms with van der Waals surface area (Å²) in [6.07, 6.45) is 7.46. The van der Waals surface area contributed by atoms with Gasteiger partial charge in [0.1, 0.15) is 5.75 Å². The SMILES string of the molecule is COc1ccc(/C=C/C(=O)NCCC(=O)OCC(=O)N[C@H]2CCCC[C@H]2C)cc1. The van der Waals surface area contributed by atoms with Crippen LogP contribution in [0.5, 0.6) is 5.75 Å². The average molecular weight is 402 g/mol. The summed E-state index contributed by atoms with van der Waals surface area (Å²) in [5, 5.41) is 5.55. The normalized spacial score (nSPS) is 18.8. The van der Waals surface area contributed by atoms with E-state index in [4.69, 9.17) is 9.47 Å². The van der Waals surface area contributed by atoms with Crippen LogP contribution < -0.4 is 15.4 Å². The number of esters is 1. The molecule has 0 aliphatic heterocycles. The van der Waals surface area contributed by atoms with Crippen LogP contribution in [0, 0.1) is 5.92 Å². The number of hydrogen-bond donors (Lipinski definition) is 2. The van der Waals surface area contributed by atoms with E-state index < -0.39 is 5.97 Å². The smallest absolute Gasteiger partial charge is 0.308 e. The van der Waals surface area contributed by atoms with Crippen molar-refractivity contribution in [3.05, 3.63) is 35.9 Å². The highest BCUT2D eigenvalue weighted by Crippen LogP contribution is 2.23. The predicted molar refractivity (Wildman–Crippen MR) is 110 cm³/mol. The molecule has 0 aromatic heterocycles. The third kappa shape index (κ3) is 8.37. The Hall–Kier alpha value is -2.83. The van der Waals surface area contributed by atoms with E-state index in [9.17, 15) is 14.4 Å². The number of nitrogens with one attached hydrogen (secondary N) is 2. The van der Waals surface area contributed by atoms with Gasteiger partial charge in [-0.3, -0.25) is 14.4 Å². The molecule has 0 unspecified atom stereocenters. The molecule has 7 nitrogen and oxygen atoms in total. The van der Waals surface area contributed by atoms with Crippen molar-refractivity contribution in [3.8, 4) is 5.75 Å². The highest BCUT2D eigenvalue weighted by atomic mass is 16.5. The molecule has 7 heteroatoms. The van der Waals surface area contributed by atoms with Gasteiger partial charge in [-0.25, -0.2) is 0 Å². The van der Waals surface area contributed by atoms with Gasteiger partial charge in [-0.05, 0) is 42.5 Å². The van der Waals surface area contributed by atoms with Crippen molar-refractivity contribution in [1.29, 1.82) is 0 Å². The highest BCUT2D eigenvalue weighted by molar-refractivity contribution is 5.92. The first-order chi connectivity index (χ1) is 14.0. The third-order valence-corrected chi connectivity index (χ3v) is 4.99. The van der Waals surface area contributed by atoms with Crippen LogP contribution in [0.4, 0.5) is 0 Å². The molecule has 2 N–H and O–H groups in total. The molecule has 0 spiro atoms. The van der Waals surface area contributed by atoms with E-state index in [2.05, 4.69) is 17.6 Å². The maximum Gasteiger partial charge on any atom is 0.308 e. The van der Waals surface area contributed by atoms with Gasteiger partial charge in [0.25, 0.3) is 5.91 Å². The fraction of sp³-hybridized carbons (Fsp3) is 0.500. The Morgan fingerprint density at radius 2 is 1.86 bits per heavy atom. The lowest BCUT2D eigenvalue weighted by Gasteiger charge is -2.29. The zero-order valence-electron chi connectivity index (χ0n) is 17.1. The lowest BCUT2D eigenvalue weighted by atomic mass is 9.86. The second-order valence-electron chi connectivity index (χ2n) is 7.24. The number of hydrogen-bond acceptors (Lipinski definition) is 5. The Labute approximate surface area is 171 Å². The molecule has 2 rings (SSSR count). The Bertz CT molecular complexity index is 714. The summed E-state index contributed by atoms with van der Waals surface area (Å²) in [6, 6.07) is 7.43. The lowest BCUT2D eigenvalue weighted by molar-refractivity contribution is -0.148. The maximum absolute atomic E-state index is 11.9. The van der Waals surface area contributed by atoms with Gasteiger partial charge in [-0.2, -0.15) is 0 Å². The molecule has 1 saturated carbocycles. The van der Waals surface area contributed by atoms with Crippen LogP contribution >= 0.6 is 0 Å². The van der Waals surface area contributed by atoms with Crippen molar-refractivity contribution in [1.82, 2.24) is 10.6 Å². The van der Waals surface area contributed by atoms with Gasteiger partial charge in [-0.1, -0.05) is 31.9 Å². The summed E-state index contributed by atoms with van der Waals surface area (Å²) in [6.45, 7) is 1.99. The Morgan fingerprint density at radius 3 is 2.55 bits per heavy atom. The molecule has 29 heavy (non-hydrogen) atoms. The van der Waals surface area contributed by atoms with E-state index in [1.165, 1.54) is 12.5 Å². The largest absolute Gasteiger partial charge is 0.497 e. The van der Waals surface area contributed by atoms with Crippen molar-refractivity contribution < 1.29 is 23.9 Å². The van der Waals surface area contributed by atoms with Crippen molar-refractivity contribution >= 4 is 23.9 Å². The van der Waals surface area contributed by atoms with Crippen LogP contribution in [0.25, 0.3) is 6.08 Å². The predicted octanol–water partition coefficient (Wildman–Crippen LogP) is 2.45. The maximum atomic E-state index is 11.9. The van der Waals surface area contributed by atoms with E-state index in [1.54, 1.807) is 25.3 Å². The van der Waals surface area contributed by atoms with Gasteiger partial charge in [0.2, 0.25) is 5.91 Å². The average Bonchev–Trinajstić information content (AvgIpc) is 2.73. The van der Waals surface area contributed by atoms with Gasteiger partial charge in [0.05, 0.1) is 13.5 Å². The summed E-state index contributed by atoms with van der Waals surface area (Å²) in [5.41, 5.74) is 0.860. The topological polar surface area (TPSA) is 93.7 Å². The van der Waals surface area contributed by atoms with Crippen molar-refractivity contribution in [2.75, 3.05) is 20.3 Å². The molecule has 1 aliphatic rings. The van der Waals surface area contributed by atoms with Crippen LogP contribution in [0.15, 0.2) is 30.3 Å². The molecule has 1 aromatic carbocycles. The summed E-state index contributed by atoms with van der Waals surface area (Å²) in [7, 11) is 1.59. The van der Waals surface area contributed by atoms with E-state index in [-0.39, 0.29) is 37.4 Å². The minimum atomic E-state index is -0.517. The molecule has 0 saturated heterocycles. The van der Waals surface area contributed by atoms with Crippen LogP contribution in [-0.2, 0) is 19.1 Å². The molecule has 1 aliphatic carbocycles. The molecule has 0 heterocycles. The Kier molecular flexibility index (Phi) is 9.21. The van der Waals surface area contributed by atoms with Crippen molar-refractivity contribution in [2.24, 2.45) is 5.92 Å². The molecule has 1 aromatic rings. The molecule has 0 radical (unpaired) electrons. The summed E-state index contributed by atoms with van der Waals surface area (Å²) in [4.78, 5) is 35.5. The van der Waals surface area contributed by atoms with Gasteiger partial charge in [0.15, 0.2) is 6.61 Å². The second-order valence-corrected chi connectivity index (χ2v) is 7.24. The highest BCUT2D eigenvalue weighted by Gasteiger charge is 2.23. The van der Waals surface area contributed by atoms with Crippen molar-refractivity contribution in [3.63, 3.8) is 0 Å².